The molecule has 2 N–H and O–H groups in total. The molecule has 3 saturated heterocycles. The van der Waals surface area contributed by atoms with Gasteiger partial charge in [0.15, 0.2) is 0 Å². The molecule has 29 heavy (non-hydrogen) atoms. The van der Waals surface area contributed by atoms with E-state index in [1.807, 2.05) is 32.6 Å². The number of nitriles is 1. The molecule has 0 amide bonds. The average Bonchev–Trinajstić information content (AvgIpc) is 3.16. The first-order chi connectivity index (χ1) is 14.2. The molecule has 3 aromatic rings. The molecule has 3 aliphatic heterocycles. The summed E-state index contributed by atoms with van der Waals surface area (Å²) in [5, 5.41) is 20.6. The van der Waals surface area contributed by atoms with Crippen molar-refractivity contribution in [2.75, 3.05) is 25.0 Å². The van der Waals surface area contributed by atoms with Gasteiger partial charge in [0.25, 0.3) is 0 Å². The first-order valence-electron chi connectivity index (χ1n) is 9.89. The van der Waals surface area contributed by atoms with Crippen molar-refractivity contribution in [1.82, 2.24) is 25.2 Å². The van der Waals surface area contributed by atoms with E-state index >= 15 is 0 Å². The third-order valence-electron chi connectivity index (χ3n) is 5.85. The van der Waals surface area contributed by atoms with Crippen LogP contribution in [0.15, 0.2) is 43.0 Å². The Bertz CT molecular complexity index is 1120. The van der Waals surface area contributed by atoms with Gasteiger partial charge in [0, 0.05) is 55.7 Å². The van der Waals surface area contributed by atoms with Gasteiger partial charge in [0.2, 0.25) is 0 Å². The lowest BCUT2D eigenvalue weighted by Gasteiger charge is -2.48. The van der Waals surface area contributed by atoms with Crippen molar-refractivity contribution in [3.63, 3.8) is 0 Å². The summed E-state index contributed by atoms with van der Waals surface area (Å²) < 4.78 is 1.79. The molecule has 3 aliphatic rings. The molecule has 0 radical (unpaired) electrons. The van der Waals surface area contributed by atoms with Gasteiger partial charge in [-0.2, -0.15) is 10.4 Å². The fourth-order valence-corrected chi connectivity index (χ4v) is 4.37. The van der Waals surface area contributed by atoms with Gasteiger partial charge in [-0.05, 0) is 48.9 Å². The highest BCUT2D eigenvalue weighted by atomic mass is 15.3. The summed E-state index contributed by atoms with van der Waals surface area (Å²) in [4.78, 5) is 7.10. The van der Waals surface area contributed by atoms with E-state index in [0.29, 0.717) is 17.6 Å². The summed E-state index contributed by atoms with van der Waals surface area (Å²) in [6, 6.07) is 9.74. The molecule has 6 rings (SSSR count). The number of anilines is 1. The molecule has 146 valence electrons. The molecule has 7 nitrogen and oxygen atoms in total. The predicted molar refractivity (Wildman–Crippen MR) is 113 cm³/mol. The van der Waals surface area contributed by atoms with Gasteiger partial charge in [-0.15, -0.1) is 0 Å². The molecular formula is C22H23N7. The third kappa shape index (κ3) is 3.02. The van der Waals surface area contributed by atoms with Gasteiger partial charge >= 0.3 is 0 Å². The summed E-state index contributed by atoms with van der Waals surface area (Å²) >= 11 is 0. The van der Waals surface area contributed by atoms with E-state index in [0.717, 1.165) is 46.7 Å². The monoisotopic (exact) mass is 385 g/mol. The first kappa shape index (κ1) is 17.7. The van der Waals surface area contributed by atoms with Crippen molar-refractivity contribution in [2.45, 2.75) is 25.4 Å². The maximum atomic E-state index is 9.55. The number of fused-ring (bicyclic) bond motifs is 3. The van der Waals surface area contributed by atoms with E-state index in [4.69, 9.17) is 4.98 Å². The zero-order chi connectivity index (χ0) is 20.0. The van der Waals surface area contributed by atoms with Crippen LogP contribution in [0.4, 0.5) is 5.82 Å². The van der Waals surface area contributed by atoms with Gasteiger partial charge < -0.3 is 15.5 Å². The summed E-state index contributed by atoms with van der Waals surface area (Å²) in [7, 11) is 1.88. The molecular weight excluding hydrogens is 362 g/mol. The van der Waals surface area contributed by atoms with Crippen LogP contribution in [-0.2, 0) is 0 Å². The summed E-state index contributed by atoms with van der Waals surface area (Å²) in [6.45, 7) is 4.07. The number of rotatable bonds is 4. The number of nitrogens with one attached hydrogen (secondary N) is 2. The van der Waals surface area contributed by atoms with Crippen molar-refractivity contribution in [3.8, 4) is 17.2 Å². The second-order valence-corrected chi connectivity index (χ2v) is 7.83. The van der Waals surface area contributed by atoms with E-state index in [-0.39, 0.29) is 0 Å². The Balaban J connectivity index is 1.57. The van der Waals surface area contributed by atoms with Crippen LogP contribution < -0.4 is 15.5 Å². The largest absolute Gasteiger partial charge is 0.394 e. The molecule has 0 aromatic carbocycles. The molecule has 3 aromatic heterocycles. The maximum absolute atomic E-state index is 9.55. The quantitative estimate of drug-likeness (QED) is 0.718. The minimum Gasteiger partial charge on any atom is -0.394 e. The van der Waals surface area contributed by atoms with Gasteiger partial charge in [-0.1, -0.05) is 0 Å². The van der Waals surface area contributed by atoms with Crippen molar-refractivity contribution in [3.05, 3.63) is 54.1 Å². The zero-order valence-corrected chi connectivity index (χ0v) is 16.6. The lowest BCUT2D eigenvalue weighted by molar-refractivity contribution is 0.225. The molecule has 0 spiro atoms. The normalized spacial score (nSPS) is 21.0. The fourth-order valence-electron chi connectivity index (χ4n) is 4.37. The topological polar surface area (TPSA) is 81.3 Å². The Morgan fingerprint density at radius 3 is 2.76 bits per heavy atom. The number of pyridine rings is 2. The highest BCUT2D eigenvalue weighted by Gasteiger charge is 2.36. The number of piperidine rings is 1. The van der Waals surface area contributed by atoms with E-state index in [2.05, 4.69) is 44.9 Å². The Morgan fingerprint density at radius 2 is 2.10 bits per heavy atom. The number of piperazine rings is 1. The zero-order valence-electron chi connectivity index (χ0n) is 16.6. The van der Waals surface area contributed by atoms with Crippen molar-refractivity contribution in [1.29, 1.82) is 5.26 Å². The van der Waals surface area contributed by atoms with Crippen LogP contribution in [0.1, 0.15) is 24.5 Å². The Kier molecular flexibility index (Phi) is 4.22. The molecule has 7 heteroatoms. The van der Waals surface area contributed by atoms with Crippen LogP contribution in [0.5, 0.6) is 0 Å². The minimum absolute atomic E-state index is 0.563. The van der Waals surface area contributed by atoms with Crippen LogP contribution in [0.2, 0.25) is 0 Å². The van der Waals surface area contributed by atoms with Crippen LogP contribution >= 0.6 is 0 Å². The van der Waals surface area contributed by atoms with E-state index < -0.39 is 0 Å². The van der Waals surface area contributed by atoms with Crippen LogP contribution in [-0.4, -0.2) is 46.8 Å². The maximum Gasteiger partial charge on any atom is 0.128 e. The first-order valence-corrected chi connectivity index (χ1v) is 9.89. The van der Waals surface area contributed by atoms with Crippen LogP contribution in [0, 0.1) is 11.3 Å². The number of nitrogens with zero attached hydrogens (tertiary/aromatic N) is 5. The number of aromatic nitrogens is 3. The summed E-state index contributed by atoms with van der Waals surface area (Å²) in [6.07, 6.45) is 8.72. The lowest BCUT2D eigenvalue weighted by atomic mass is 9.91. The van der Waals surface area contributed by atoms with Crippen LogP contribution in [0.3, 0.4) is 0 Å². The van der Waals surface area contributed by atoms with E-state index in [9.17, 15) is 5.26 Å². The van der Waals surface area contributed by atoms with Gasteiger partial charge in [-0.3, -0.25) is 0 Å². The number of hydrogen-bond donors (Lipinski definition) is 2. The van der Waals surface area contributed by atoms with E-state index in [1.165, 1.54) is 6.42 Å². The minimum atomic E-state index is 0.563. The van der Waals surface area contributed by atoms with Gasteiger partial charge in [0.05, 0.1) is 17.3 Å². The van der Waals surface area contributed by atoms with Crippen LogP contribution in [0.25, 0.3) is 22.2 Å². The summed E-state index contributed by atoms with van der Waals surface area (Å²) in [5.74, 6) is 1.01. The molecule has 0 saturated carbocycles. The molecule has 3 fully saturated rings. The van der Waals surface area contributed by atoms with Crippen molar-refractivity contribution < 1.29 is 0 Å². The van der Waals surface area contributed by atoms with Crippen molar-refractivity contribution in [2.24, 2.45) is 0 Å². The Morgan fingerprint density at radius 1 is 1.31 bits per heavy atom. The fraction of sp³-hybridized carbons (Fsp3) is 0.318. The smallest absolute Gasteiger partial charge is 0.128 e. The lowest BCUT2D eigenvalue weighted by Crippen LogP contribution is -2.67. The Hall–Kier alpha value is -3.37. The van der Waals surface area contributed by atoms with E-state index in [1.54, 1.807) is 10.7 Å². The highest BCUT2D eigenvalue weighted by molar-refractivity contribution is 5.86. The third-order valence-corrected chi connectivity index (χ3v) is 5.85. The molecule has 6 heterocycles. The number of allylic oxidation sites excluding steroid dienone is 1. The second kappa shape index (κ2) is 6.90. The molecule has 0 aliphatic carbocycles. The van der Waals surface area contributed by atoms with Gasteiger partial charge in [-0.25, -0.2) is 9.50 Å². The SMILES string of the molecule is CN/C=C(\C)c1cc(-c2ccc(N3CC4CC(C3)N4)nc2)c2c(C#N)cnn2c1. The predicted octanol–water partition coefficient (Wildman–Crippen LogP) is 2.40. The summed E-state index contributed by atoms with van der Waals surface area (Å²) in [5.41, 5.74) is 5.45. The second-order valence-electron chi connectivity index (χ2n) is 7.83. The Labute approximate surface area is 169 Å². The molecule has 2 bridgehead atoms. The van der Waals surface area contributed by atoms with Gasteiger partial charge in [0.1, 0.15) is 11.9 Å². The van der Waals surface area contributed by atoms with Crippen molar-refractivity contribution >= 4 is 16.9 Å². The standard InChI is InChI=1S/C22H23N7/c1-14(8-24-2)16-5-20(22-17(7-23)10-26-29(22)11-16)15-3-4-21(25-9-15)28-12-18-6-19(13-28)27-18/h3-5,8-11,18-19,24,27H,6,12-13H2,1-2H3/b14-8+. The highest BCUT2D eigenvalue weighted by Crippen LogP contribution is 2.31. The average molecular weight is 385 g/mol. The molecule has 2 unspecified atom stereocenters. The molecule has 2 atom stereocenters. The number of hydrogen-bond acceptors (Lipinski definition) is 6.